The number of hydrogen-bond acceptors (Lipinski definition) is 6. The molecule has 4 aromatic rings. The molecule has 5 rings (SSSR count). The quantitative estimate of drug-likeness (QED) is 0.0769. The van der Waals surface area contributed by atoms with E-state index in [4.69, 9.17) is 9.47 Å². The molecule has 1 saturated carbocycles. The molecule has 0 saturated heterocycles. The van der Waals surface area contributed by atoms with Gasteiger partial charge in [-0.2, -0.15) is 0 Å². The standard InChI is InChI=1S/C40H44N2O5/c1-46-40(45)37(41-36-20-11-10-19-35(36)39(44)32-15-4-2-5-16-32)29-31-21-24-34(25-22-31)47-28-12-27-42(33-17-6-3-7-18-33)38(43)26-23-30-13-8-9-14-30/h2-7,10-11,15-22,24-25,30,37,41H,8-9,12-14,23,26-29H2,1H3/t37-/m0/s1. The van der Waals surface area contributed by atoms with Crippen molar-refractivity contribution in [3.63, 3.8) is 0 Å². The van der Waals surface area contributed by atoms with Crippen LogP contribution in [0.25, 0.3) is 0 Å². The SMILES string of the molecule is COC(=O)[C@H](Cc1ccc(OCCCN(C(=O)CCC2CCCC2)c2ccccc2)cc1)Nc1ccccc1C(=O)c1ccccc1. The minimum atomic E-state index is -0.702. The molecule has 4 aromatic carbocycles. The number of rotatable bonds is 16. The maximum atomic E-state index is 13.2. The Kier molecular flexibility index (Phi) is 12.2. The highest BCUT2D eigenvalue weighted by atomic mass is 16.5. The van der Waals surface area contributed by atoms with Crippen molar-refractivity contribution in [1.29, 1.82) is 0 Å². The Balaban J connectivity index is 1.16. The average molecular weight is 633 g/mol. The second kappa shape index (κ2) is 17.1. The normalized spacial score (nSPS) is 13.5. The number of esters is 1. The predicted octanol–water partition coefficient (Wildman–Crippen LogP) is 7.89. The van der Waals surface area contributed by atoms with Gasteiger partial charge in [0.25, 0.3) is 0 Å². The van der Waals surface area contributed by atoms with Gasteiger partial charge in [-0.05, 0) is 60.7 Å². The number of hydrogen-bond donors (Lipinski definition) is 1. The van der Waals surface area contributed by atoms with Gasteiger partial charge >= 0.3 is 5.97 Å². The zero-order valence-corrected chi connectivity index (χ0v) is 27.1. The second-order valence-electron chi connectivity index (χ2n) is 12.1. The van der Waals surface area contributed by atoms with Gasteiger partial charge in [-0.1, -0.05) is 98.5 Å². The summed E-state index contributed by atoms with van der Waals surface area (Å²) >= 11 is 0. The zero-order valence-electron chi connectivity index (χ0n) is 27.1. The number of amides is 1. The van der Waals surface area contributed by atoms with Gasteiger partial charge in [-0.25, -0.2) is 4.79 Å². The third-order valence-electron chi connectivity index (χ3n) is 8.79. The molecule has 0 heterocycles. The molecule has 47 heavy (non-hydrogen) atoms. The second-order valence-corrected chi connectivity index (χ2v) is 12.1. The molecule has 0 aromatic heterocycles. The largest absolute Gasteiger partial charge is 0.494 e. The topological polar surface area (TPSA) is 84.9 Å². The highest BCUT2D eigenvalue weighted by Gasteiger charge is 2.23. The summed E-state index contributed by atoms with van der Waals surface area (Å²) in [5.41, 5.74) is 3.46. The van der Waals surface area contributed by atoms with E-state index in [1.54, 1.807) is 24.3 Å². The molecule has 7 heteroatoms. The average Bonchev–Trinajstić information content (AvgIpc) is 3.65. The van der Waals surface area contributed by atoms with Crippen molar-refractivity contribution in [2.24, 2.45) is 5.92 Å². The van der Waals surface area contributed by atoms with Crippen molar-refractivity contribution >= 4 is 29.0 Å². The van der Waals surface area contributed by atoms with E-state index in [-0.39, 0.29) is 11.7 Å². The van der Waals surface area contributed by atoms with E-state index in [9.17, 15) is 14.4 Å². The van der Waals surface area contributed by atoms with E-state index >= 15 is 0 Å². The molecule has 1 amide bonds. The molecule has 0 unspecified atom stereocenters. The lowest BCUT2D eigenvalue weighted by molar-refractivity contribution is -0.141. The van der Waals surface area contributed by atoms with Crippen LogP contribution in [-0.4, -0.2) is 44.0 Å². The van der Waals surface area contributed by atoms with E-state index in [0.717, 1.165) is 17.7 Å². The molecule has 0 aliphatic heterocycles. The molecule has 1 aliphatic rings. The van der Waals surface area contributed by atoms with E-state index in [1.165, 1.54) is 32.8 Å². The molecule has 0 spiro atoms. The fourth-order valence-electron chi connectivity index (χ4n) is 6.21. The minimum Gasteiger partial charge on any atom is -0.494 e. The maximum absolute atomic E-state index is 13.2. The number of anilines is 2. The van der Waals surface area contributed by atoms with Crippen LogP contribution in [0.1, 0.15) is 66.4 Å². The van der Waals surface area contributed by atoms with Gasteiger partial charge in [0.1, 0.15) is 11.8 Å². The van der Waals surface area contributed by atoms with Crippen molar-refractivity contribution in [2.75, 3.05) is 30.5 Å². The first-order valence-electron chi connectivity index (χ1n) is 16.6. The van der Waals surface area contributed by atoms with E-state index in [2.05, 4.69) is 5.32 Å². The Morgan fingerprint density at radius 2 is 1.49 bits per heavy atom. The highest BCUT2D eigenvalue weighted by Crippen LogP contribution is 2.29. The zero-order chi connectivity index (χ0) is 32.8. The number of ether oxygens (including phenoxy) is 2. The summed E-state index contributed by atoms with van der Waals surface area (Å²) in [5, 5.41) is 3.25. The first-order chi connectivity index (χ1) is 23.0. The van der Waals surface area contributed by atoms with Gasteiger partial charge in [0.2, 0.25) is 5.91 Å². The van der Waals surface area contributed by atoms with Gasteiger partial charge in [0, 0.05) is 41.9 Å². The summed E-state index contributed by atoms with van der Waals surface area (Å²) in [6.45, 7) is 1.06. The fraction of sp³-hybridized carbons (Fsp3) is 0.325. The number of para-hydroxylation sites is 2. The van der Waals surface area contributed by atoms with E-state index < -0.39 is 12.0 Å². The number of nitrogens with one attached hydrogen (secondary N) is 1. The van der Waals surface area contributed by atoms with Gasteiger partial charge in [-0.3, -0.25) is 9.59 Å². The van der Waals surface area contributed by atoms with Gasteiger partial charge < -0.3 is 19.7 Å². The number of benzene rings is 4. The van der Waals surface area contributed by atoms with Crippen LogP contribution in [-0.2, 0) is 20.7 Å². The van der Waals surface area contributed by atoms with Crippen LogP contribution in [0.3, 0.4) is 0 Å². The predicted molar refractivity (Wildman–Crippen MR) is 186 cm³/mol. The third-order valence-corrected chi connectivity index (χ3v) is 8.79. The molecule has 0 radical (unpaired) electrons. The first kappa shape index (κ1) is 33.5. The van der Waals surface area contributed by atoms with E-state index in [1.807, 2.05) is 89.8 Å². The monoisotopic (exact) mass is 632 g/mol. The summed E-state index contributed by atoms with van der Waals surface area (Å²) < 4.78 is 11.1. The van der Waals surface area contributed by atoms with Crippen molar-refractivity contribution in [1.82, 2.24) is 0 Å². The van der Waals surface area contributed by atoms with Crippen molar-refractivity contribution in [2.45, 2.75) is 57.4 Å². The van der Waals surface area contributed by atoms with Crippen molar-refractivity contribution in [3.05, 3.63) is 126 Å². The molecule has 0 bridgehead atoms. The summed E-state index contributed by atoms with van der Waals surface area (Å²) in [4.78, 5) is 41.1. The first-order valence-corrected chi connectivity index (χ1v) is 16.6. The molecule has 1 atom stereocenters. The van der Waals surface area contributed by atoms with Crippen LogP contribution in [0.5, 0.6) is 5.75 Å². The van der Waals surface area contributed by atoms with Crippen LogP contribution in [0.15, 0.2) is 109 Å². The molecular weight excluding hydrogens is 588 g/mol. The number of carbonyl (C=O) groups excluding carboxylic acids is 3. The van der Waals surface area contributed by atoms with Crippen LogP contribution in [0.4, 0.5) is 11.4 Å². The Morgan fingerprint density at radius 1 is 0.830 bits per heavy atom. The molecule has 1 fully saturated rings. The van der Waals surface area contributed by atoms with Gasteiger partial charge in [-0.15, -0.1) is 0 Å². The third kappa shape index (κ3) is 9.55. The van der Waals surface area contributed by atoms with Crippen LogP contribution < -0.4 is 15.0 Å². The summed E-state index contributed by atoms with van der Waals surface area (Å²) in [7, 11) is 1.36. The summed E-state index contributed by atoms with van der Waals surface area (Å²) in [6.07, 6.45) is 7.66. The number of nitrogens with zero attached hydrogens (tertiary/aromatic N) is 1. The Hall–Kier alpha value is -4.91. The lowest BCUT2D eigenvalue weighted by Crippen LogP contribution is -2.33. The molecule has 244 valence electrons. The smallest absolute Gasteiger partial charge is 0.328 e. The molecular formula is C40H44N2O5. The van der Waals surface area contributed by atoms with Crippen LogP contribution in [0.2, 0.25) is 0 Å². The summed E-state index contributed by atoms with van der Waals surface area (Å²) in [6, 6.07) is 33.1. The maximum Gasteiger partial charge on any atom is 0.328 e. The summed E-state index contributed by atoms with van der Waals surface area (Å²) in [5.74, 6) is 1.02. The van der Waals surface area contributed by atoms with E-state index in [0.29, 0.717) is 60.9 Å². The highest BCUT2D eigenvalue weighted by molar-refractivity contribution is 6.12. The lowest BCUT2D eigenvalue weighted by Gasteiger charge is -2.24. The number of carbonyl (C=O) groups is 3. The molecule has 1 aliphatic carbocycles. The van der Waals surface area contributed by atoms with Crippen molar-refractivity contribution in [3.8, 4) is 5.75 Å². The molecule has 1 N–H and O–H groups in total. The molecule has 7 nitrogen and oxygen atoms in total. The Morgan fingerprint density at radius 3 is 2.19 bits per heavy atom. The fourth-order valence-corrected chi connectivity index (χ4v) is 6.21. The van der Waals surface area contributed by atoms with Gasteiger partial charge in [0.05, 0.1) is 13.7 Å². The minimum absolute atomic E-state index is 0.126. The number of methoxy groups -OCH3 is 1. The Labute approximate surface area is 277 Å². The van der Waals surface area contributed by atoms with Crippen molar-refractivity contribution < 1.29 is 23.9 Å². The lowest BCUT2D eigenvalue weighted by atomic mass is 10.00. The van der Waals surface area contributed by atoms with Crippen LogP contribution in [0, 0.1) is 5.92 Å². The Bertz CT molecular complexity index is 1580. The number of ketones is 1. The van der Waals surface area contributed by atoms with Crippen LogP contribution >= 0.6 is 0 Å². The van der Waals surface area contributed by atoms with Gasteiger partial charge in [0.15, 0.2) is 5.78 Å².